The Morgan fingerprint density at radius 1 is 1.29 bits per heavy atom. The molecule has 0 spiro atoms. The van der Waals surface area contributed by atoms with Crippen LogP contribution in [0.15, 0.2) is 24.3 Å². The fraction of sp³-hybridized carbons (Fsp3) is 0.500. The summed E-state index contributed by atoms with van der Waals surface area (Å²) in [6.07, 6.45) is 0.472. The van der Waals surface area contributed by atoms with Crippen molar-refractivity contribution in [2.75, 3.05) is 7.11 Å². The van der Waals surface area contributed by atoms with Crippen molar-refractivity contribution in [1.29, 1.82) is 0 Å². The maximum absolute atomic E-state index is 13.0. The van der Waals surface area contributed by atoms with Crippen molar-refractivity contribution in [2.45, 2.75) is 32.8 Å². The predicted octanol–water partition coefficient (Wildman–Crippen LogP) is 3.29. The van der Waals surface area contributed by atoms with Crippen LogP contribution in [0, 0.1) is 17.8 Å². The Morgan fingerprint density at radius 3 is 2.38 bits per heavy atom. The third kappa shape index (κ3) is 3.31. The zero-order valence-electron chi connectivity index (χ0n) is 14.2. The lowest BCUT2D eigenvalue weighted by atomic mass is 9.70. The Morgan fingerprint density at radius 2 is 1.88 bits per heavy atom. The summed E-state index contributed by atoms with van der Waals surface area (Å²) in [5, 5.41) is 0.534. The van der Waals surface area contributed by atoms with Gasteiger partial charge in [0, 0.05) is 22.4 Å². The molecule has 0 bridgehead atoms. The maximum atomic E-state index is 13.0. The van der Waals surface area contributed by atoms with Gasteiger partial charge in [-0.1, -0.05) is 18.5 Å². The van der Waals surface area contributed by atoms with E-state index in [0.717, 1.165) is 0 Å². The smallest absolute Gasteiger partial charge is 0.321 e. The molecule has 0 aliphatic carbocycles. The minimum Gasteiger partial charge on any atom is -0.468 e. The third-order valence-electron chi connectivity index (χ3n) is 4.57. The minimum atomic E-state index is -1.09. The first-order chi connectivity index (χ1) is 11.2. The van der Waals surface area contributed by atoms with E-state index in [4.69, 9.17) is 21.1 Å². The van der Waals surface area contributed by atoms with Gasteiger partial charge >= 0.3 is 11.9 Å². The number of carbonyl (C=O) groups excluding carboxylic acids is 3. The summed E-state index contributed by atoms with van der Waals surface area (Å²) >= 11 is 5.87. The molecule has 0 N–H and O–H groups in total. The van der Waals surface area contributed by atoms with Gasteiger partial charge in [-0.25, -0.2) is 0 Å². The van der Waals surface area contributed by atoms with Crippen LogP contribution in [0.1, 0.15) is 37.6 Å². The molecule has 3 atom stereocenters. The molecule has 2 rings (SSSR count). The zero-order valence-corrected chi connectivity index (χ0v) is 14.9. The van der Waals surface area contributed by atoms with Crippen LogP contribution in [0.4, 0.5) is 0 Å². The number of carbonyl (C=O) groups is 3. The van der Waals surface area contributed by atoms with E-state index in [1.54, 1.807) is 38.1 Å². The van der Waals surface area contributed by atoms with Gasteiger partial charge in [0.2, 0.25) is 0 Å². The average molecular weight is 353 g/mol. The number of benzene rings is 1. The van der Waals surface area contributed by atoms with Gasteiger partial charge in [-0.15, -0.1) is 0 Å². The number of Topliss-reactive ketones (excluding diaryl/α,β-unsaturated/α-hetero) is 1. The summed E-state index contributed by atoms with van der Waals surface area (Å²) in [7, 11) is 1.22. The molecule has 0 radical (unpaired) electrons. The van der Waals surface area contributed by atoms with E-state index in [0.29, 0.717) is 17.0 Å². The van der Waals surface area contributed by atoms with Gasteiger partial charge in [0.25, 0.3) is 0 Å². The lowest BCUT2D eigenvalue weighted by Crippen LogP contribution is -2.42. The van der Waals surface area contributed by atoms with Crippen molar-refractivity contribution in [3.05, 3.63) is 34.9 Å². The van der Waals surface area contributed by atoms with Crippen LogP contribution >= 0.6 is 11.6 Å². The predicted molar refractivity (Wildman–Crippen MR) is 88.7 cm³/mol. The number of esters is 2. The lowest BCUT2D eigenvalue weighted by Gasteiger charge is -2.32. The average Bonchev–Trinajstić information content (AvgIpc) is 2.77. The molecule has 1 heterocycles. The topological polar surface area (TPSA) is 69.7 Å². The van der Waals surface area contributed by atoms with E-state index >= 15 is 0 Å². The van der Waals surface area contributed by atoms with Crippen molar-refractivity contribution < 1.29 is 23.9 Å². The standard InChI is InChI=1S/C18H21ClO5/c1-5-12(15(20)10-6-8-11(19)9-7-10)14-13(16(21)23-4)17(22)24-18(14,2)3/h6-9,12-14H,5H2,1-4H3/t12-,13+,14-/m1/s1. The minimum absolute atomic E-state index is 0.139. The molecular weight excluding hydrogens is 332 g/mol. The van der Waals surface area contributed by atoms with Crippen LogP contribution in [-0.2, 0) is 19.1 Å². The van der Waals surface area contributed by atoms with Gasteiger partial charge in [0.15, 0.2) is 11.7 Å². The van der Waals surface area contributed by atoms with E-state index in [2.05, 4.69) is 0 Å². The highest BCUT2D eigenvalue weighted by atomic mass is 35.5. The van der Waals surface area contributed by atoms with Crippen molar-refractivity contribution in [2.24, 2.45) is 17.8 Å². The summed E-state index contributed by atoms with van der Waals surface area (Å²) in [6, 6.07) is 6.57. The molecule has 5 nitrogen and oxygen atoms in total. The van der Waals surface area contributed by atoms with Crippen molar-refractivity contribution in [1.82, 2.24) is 0 Å². The summed E-state index contributed by atoms with van der Waals surface area (Å²) < 4.78 is 10.1. The zero-order chi connectivity index (χ0) is 18.1. The van der Waals surface area contributed by atoms with Crippen molar-refractivity contribution in [3.8, 4) is 0 Å². The van der Waals surface area contributed by atoms with Gasteiger partial charge in [-0.3, -0.25) is 14.4 Å². The Bertz CT molecular complexity index is 650. The second-order valence-electron chi connectivity index (χ2n) is 6.44. The van der Waals surface area contributed by atoms with E-state index < -0.39 is 35.3 Å². The molecule has 1 aliphatic heterocycles. The maximum Gasteiger partial charge on any atom is 0.321 e. The second-order valence-corrected chi connectivity index (χ2v) is 6.87. The molecule has 0 unspecified atom stereocenters. The van der Waals surface area contributed by atoms with Gasteiger partial charge < -0.3 is 9.47 Å². The number of rotatable bonds is 5. The van der Waals surface area contributed by atoms with E-state index in [-0.39, 0.29) is 5.78 Å². The SMILES string of the molecule is CC[C@@H](C(=O)c1ccc(Cl)cc1)[C@@H]1[C@@H](C(=O)OC)C(=O)OC1(C)C. The quantitative estimate of drug-likeness (QED) is 0.462. The van der Waals surface area contributed by atoms with Gasteiger partial charge in [-0.05, 0) is 44.5 Å². The molecule has 1 saturated heterocycles. The fourth-order valence-electron chi connectivity index (χ4n) is 3.46. The normalized spacial score (nSPS) is 23.5. The van der Waals surface area contributed by atoms with Gasteiger partial charge in [0.05, 0.1) is 7.11 Å². The molecule has 1 aliphatic rings. The summed E-state index contributed by atoms with van der Waals surface area (Å²) in [6.45, 7) is 5.29. The number of hydrogen-bond acceptors (Lipinski definition) is 5. The van der Waals surface area contributed by atoms with Crippen molar-refractivity contribution >= 4 is 29.3 Å². The molecule has 1 aromatic rings. The number of hydrogen-bond donors (Lipinski definition) is 0. The first-order valence-corrected chi connectivity index (χ1v) is 8.21. The largest absolute Gasteiger partial charge is 0.468 e. The monoisotopic (exact) mass is 352 g/mol. The second kappa shape index (κ2) is 6.93. The number of ether oxygens (including phenoxy) is 2. The van der Waals surface area contributed by atoms with E-state index in [1.807, 2.05) is 6.92 Å². The molecular formula is C18H21ClO5. The van der Waals surface area contributed by atoms with Gasteiger partial charge in [0.1, 0.15) is 5.60 Å². The Balaban J connectivity index is 2.42. The molecule has 6 heteroatoms. The Labute approximate surface area is 146 Å². The molecule has 0 aromatic heterocycles. The highest BCUT2D eigenvalue weighted by Crippen LogP contribution is 2.44. The van der Waals surface area contributed by atoms with Crippen LogP contribution in [-0.4, -0.2) is 30.4 Å². The van der Waals surface area contributed by atoms with Crippen LogP contribution in [0.25, 0.3) is 0 Å². The summed E-state index contributed by atoms with van der Waals surface area (Å²) in [5.41, 5.74) is -0.441. The highest BCUT2D eigenvalue weighted by molar-refractivity contribution is 6.30. The molecule has 1 aromatic carbocycles. The fourth-order valence-corrected chi connectivity index (χ4v) is 3.58. The highest BCUT2D eigenvalue weighted by Gasteiger charge is 2.57. The van der Waals surface area contributed by atoms with Crippen LogP contribution in [0.5, 0.6) is 0 Å². The van der Waals surface area contributed by atoms with Crippen molar-refractivity contribution in [3.63, 3.8) is 0 Å². The lowest BCUT2D eigenvalue weighted by molar-refractivity contribution is -0.156. The first kappa shape index (κ1) is 18.5. The summed E-state index contributed by atoms with van der Waals surface area (Å²) in [4.78, 5) is 37.2. The number of halogens is 1. The molecule has 0 amide bonds. The number of methoxy groups -OCH3 is 1. The van der Waals surface area contributed by atoms with Gasteiger partial charge in [-0.2, -0.15) is 0 Å². The van der Waals surface area contributed by atoms with E-state index in [9.17, 15) is 14.4 Å². The van der Waals surface area contributed by atoms with Crippen LogP contribution < -0.4 is 0 Å². The van der Waals surface area contributed by atoms with E-state index in [1.165, 1.54) is 7.11 Å². The molecule has 1 fully saturated rings. The molecule has 130 valence electrons. The van der Waals surface area contributed by atoms with Crippen LogP contribution in [0.3, 0.4) is 0 Å². The molecule has 0 saturated carbocycles. The Kier molecular flexibility index (Phi) is 5.33. The molecule has 24 heavy (non-hydrogen) atoms. The Hall–Kier alpha value is -1.88. The first-order valence-electron chi connectivity index (χ1n) is 7.83. The number of ketones is 1. The van der Waals surface area contributed by atoms with Crippen LogP contribution in [0.2, 0.25) is 5.02 Å². The third-order valence-corrected chi connectivity index (χ3v) is 4.83. The summed E-state index contributed by atoms with van der Waals surface area (Å²) in [5.74, 6) is -3.68. The number of cyclic esters (lactones) is 1.